The summed E-state index contributed by atoms with van der Waals surface area (Å²) >= 11 is 20.2. The quantitative estimate of drug-likeness (QED) is 0.239. The largest absolute Gasteiger partial charge is 0.372 e. The van der Waals surface area contributed by atoms with Crippen LogP contribution in [0.4, 0.5) is 0 Å². The Bertz CT molecular complexity index is 857. The van der Waals surface area contributed by atoms with E-state index in [0.29, 0.717) is 23.2 Å². The summed E-state index contributed by atoms with van der Waals surface area (Å²) in [5.74, 6) is 1.04. The van der Waals surface area contributed by atoms with Gasteiger partial charge in [0.05, 0.1) is 12.9 Å². The maximum atomic E-state index is 6.40. The van der Waals surface area contributed by atoms with Crippen molar-refractivity contribution in [3.05, 3.63) is 81.8 Å². The van der Waals surface area contributed by atoms with Crippen LogP contribution < -0.4 is 0 Å². The molecule has 0 saturated carbocycles. The highest BCUT2D eigenvalue weighted by molar-refractivity contribution is 7.99. The summed E-state index contributed by atoms with van der Waals surface area (Å²) in [6.45, 7) is 1.32. The lowest BCUT2D eigenvalue weighted by molar-refractivity contribution is 0.0389. The van der Waals surface area contributed by atoms with Crippen molar-refractivity contribution in [3.8, 4) is 0 Å². The van der Waals surface area contributed by atoms with Gasteiger partial charge in [-0.05, 0) is 55.0 Å². The molecule has 1 unspecified atom stereocenters. The second-order valence-corrected chi connectivity index (χ2v) is 8.74. The van der Waals surface area contributed by atoms with E-state index in [4.69, 9.17) is 39.5 Å². The molecule has 3 rings (SSSR count). The first-order chi connectivity index (χ1) is 13.6. The van der Waals surface area contributed by atoms with Crippen molar-refractivity contribution < 1.29 is 4.74 Å². The van der Waals surface area contributed by atoms with Crippen molar-refractivity contribution in [2.24, 2.45) is 0 Å². The van der Waals surface area contributed by atoms with Gasteiger partial charge < -0.3 is 9.30 Å². The number of nitrogens with zero attached hydrogens (tertiary/aromatic N) is 2. The Labute approximate surface area is 185 Å². The summed E-state index contributed by atoms with van der Waals surface area (Å²) in [6, 6.07) is 13.5. The molecular formula is C21H21Cl3N2OS. The second kappa shape index (κ2) is 11.1. The molecule has 0 amide bonds. The molecule has 3 nitrogen and oxygen atoms in total. The smallest absolute Gasteiger partial charge is 0.102 e. The number of hydrogen-bond acceptors (Lipinski definition) is 3. The third-order valence-corrected chi connectivity index (χ3v) is 6.10. The monoisotopic (exact) mass is 454 g/mol. The zero-order chi connectivity index (χ0) is 19.8. The molecule has 2 aromatic carbocycles. The SMILES string of the molecule is Clc1ccc(SCCCCOC(Cn2ccnc2)c2ccc(Cl)cc2Cl)cc1. The van der Waals surface area contributed by atoms with E-state index in [1.54, 1.807) is 18.6 Å². The van der Waals surface area contributed by atoms with Crippen LogP contribution in [-0.4, -0.2) is 21.9 Å². The maximum absolute atomic E-state index is 6.40. The van der Waals surface area contributed by atoms with Crippen LogP contribution in [0.5, 0.6) is 0 Å². The number of aromatic nitrogens is 2. The van der Waals surface area contributed by atoms with Gasteiger partial charge in [0, 0.05) is 44.5 Å². The number of hydrogen-bond donors (Lipinski definition) is 0. The topological polar surface area (TPSA) is 27.1 Å². The highest BCUT2D eigenvalue weighted by Crippen LogP contribution is 2.30. The van der Waals surface area contributed by atoms with Crippen LogP contribution in [0.1, 0.15) is 24.5 Å². The minimum atomic E-state index is -0.150. The van der Waals surface area contributed by atoms with E-state index >= 15 is 0 Å². The molecule has 0 bridgehead atoms. The van der Waals surface area contributed by atoms with Crippen molar-refractivity contribution in [2.45, 2.75) is 30.4 Å². The van der Waals surface area contributed by atoms with Crippen molar-refractivity contribution in [1.29, 1.82) is 0 Å². The molecule has 7 heteroatoms. The Hall–Kier alpha value is -1.17. The van der Waals surface area contributed by atoms with Crippen LogP contribution in [0.3, 0.4) is 0 Å². The van der Waals surface area contributed by atoms with Gasteiger partial charge in [-0.25, -0.2) is 4.98 Å². The van der Waals surface area contributed by atoms with E-state index in [-0.39, 0.29) is 6.10 Å². The van der Waals surface area contributed by atoms with Gasteiger partial charge in [0.1, 0.15) is 6.10 Å². The third-order valence-electron chi connectivity index (χ3n) is 4.19. The standard InChI is InChI=1S/C21H21Cl3N2OS/c22-16-3-6-18(7-4-16)28-12-2-1-11-27-21(14-26-10-9-25-15-26)19-8-5-17(23)13-20(19)24/h3-10,13,15,21H,1-2,11-12,14H2. The summed E-state index contributed by atoms with van der Waals surface area (Å²) in [6.07, 6.45) is 7.36. The third kappa shape index (κ3) is 6.71. The summed E-state index contributed by atoms with van der Waals surface area (Å²) in [5, 5.41) is 2.01. The molecule has 0 fully saturated rings. The van der Waals surface area contributed by atoms with Crippen LogP contribution in [0.2, 0.25) is 15.1 Å². The zero-order valence-corrected chi connectivity index (χ0v) is 18.3. The van der Waals surface area contributed by atoms with Crippen molar-refractivity contribution in [3.63, 3.8) is 0 Å². The van der Waals surface area contributed by atoms with Crippen LogP contribution >= 0.6 is 46.6 Å². The summed E-state index contributed by atoms with van der Waals surface area (Å²) < 4.78 is 8.18. The molecule has 0 aliphatic rings. The Morgan fingerprint density at radius 2 is 1.79 bits per heavy atom. The number of thioether (sulfide) groups is 1. The van der Waals surface area contributed by atoms with Crippen molar-refractivity contribution >= 4 is 46.6 Å². The lowest BCUT2D eigenvalue weighted by atomic mass is 10.1. The van der Waals surface area contributed by atoms with Crippen molar-refractivity contribution in [1.82, 2.24) is 9.55 Å². The van der Waals surface area contributed by atoms with E-state index < -0.39 is 0 Å². The summed E-state index contributed by atoms with van der Waals surface area (Å²) in [4.78, 5) is 5.34. The fourth-order valence-corrected chi connectivity index (χ4v) is 4.31. The first-order valence-corrected chi connectivity index (χ1v) is 11.1. The number of unbranched alkanes of at least 4 members (excludes halogenated alkanes) is 1. The van der Waals surface area contributed by atoms with Crippen molar-refractivity contribution in [2.75, 3.05) is 12.4 Å². The number of imidazole rings is 1. The van der Waals surface area contributed by atoms with Gasteiger partial charge in [0.25, 0.3) is 0 Å². The van der Waals surface area contributed by atoms with Crippen LogP contribution in [0, 0.1) is 0 Å². The molecule has 0 saturated heterocycles. The second-order valence-electron chi connectivity index (χ2n) is 6.29. The maximum Gasteiger partial charge on any atom is 0.102 e. The molecule has 0 radical (unpaired) electrons. The normalized spacial score (nSPS) is 12.2. The number of rotatable bonds is 10. The van der Waals surface area contributed by atoms with Crippen LogP contribution in [0.25, 0.3) is 0 Å². The van der Waals surface area contributed by atoms with Crippen LogP contribution in [-0.2, 0) is 11.3 Å². The Morgan fingerprint density at radius 3 is 2.50 bits per heavy atom. The molecule has 0 N–H and O–H groups in total. The molecular weight excluding hydrogens is 435 g/mol. The molecule has 0 aliphatic heterocycles. The van der Waals surface area contributed by atoms with Crippen LogP contribution in [0.15, 0.2) is 66.1 Å². The molecule has 1 aromatic heterocycles. The number of ether oxygens (including phenoxy) is 1. The Balaban J connectivity index is 1.49. The summed E-state index contributed by atoms with van der Waals surface area (Å²) in [7, 11) is 0. The van der Waals surface area contributed by atoms with Gasteiger partial charge in [-0.3, -0.25) is 0 Å². The minimum Gasteiger partial charge on any atom is -0.372 e. The average Bonchev–Trinajstić information content (AvgIpc) is 3.18. The van der Waals surface area contributed by atoms with E-state index in [1.165, 1.54) is 4.90 Å². The lowest BCUT2D eigenvalue weighted by Crippen LogP contribution is -2.13. The molecule has 0 aliphatic carbocycles. The van der Waals surface area contributed by atoms with Gasteiger partial charge >= 0.3 is 0 Å². The zero-order valence-electron chi connectivity index (χ0n) is 15.2. The molecule has 1 atom stereocenters. The van der Waals surface area contributed by atoms with Gasteiger partial charge in [0.15, 0.2) is 0 Å². The Morgan fingerprint density at radius 1 is 1.00 bits per heavy atom. The first kappa shape index (κ1) is 21.5. The fourth-order valence-electron chi connectivity index (χ4n) is 2.74. The van der Waals surface area contributed by atoms with E-state index in [2.05, 4.69) is 4.98 Å². The fraction of sp³-hybridized carbons (Fsp3) is 0.286. The van der Waals surface area contributed by atoms with E-state index in [0.717, 1.165) is 29.2 Å². The molecule has 0 spiro atoms. The molecule has 28 heavy (non-hydrogen) atoms. The average molecular weight is 456 g/mol. The highest BCUT2D eigenvalue weighted by Gasteiger charge is 2.16. The lowest BCUT2D eigenvalue weighted by Gasteiger charge is -2.20. The van der Waals surface area contributed by atoms with Gasteiger partial charge in [-0.15, -0.1) is 11.8 Å². The van der Waals surface area contributed by atoms with E-state index in [1.807, 2.05) is 58.9 Å². The Kier molecular flexibility index (Phi) is 8.56. The van der Waals surface area contributed by atoms with E-state index in [9.17, 15) is 0 Å². The van der Waals surface area contributed by atoms with Gasteiger partial charge in [-0.1, -0.05) is 40.9 Å². The predicted molar refractivity (Wildman–Crippen MR) is 119 cm³/mol. The predicted octanol–water partition coefficient (Wildman–Crippen LogP) is 7.17. The molecule has 3 aromatic rings. The summed E-state index contributed by atoms with van der Waals surface area (Å²) in [5.41, 5.74) is 0.940. The molecule has 1 heterocycles. The number of benzene rings is 2. The van der Waals surface area contributed by atoms with Gasteiger partial charge in [-0.2, -0.15) is 0 Å². The minimum absolute atomic E-state index is 0.150. The van der Waals surface area contributed by atoms with Gasteiger partial charge in [0.2, 0.25) is 0 Å². The molecule has 148 valence electrons. The first-order valence-electron chi connectivity index (χ1n) is 9.02. The highest BCUT2D eigenvalue weighted by atomic mass is 35.5. The number of halogens is 3.